The average Bonchev–Trinajstić information content (AvgIpc) is 2.05. The van der Waals surface area contributed by atoms with Gasteiger partial charge in [0.15, 0.2) is 0 Å². The van der Waals surface area contributed by atoms with Crippen LogP contribution in [0.5, 0.6) is 0 Å². The van der Waals surface area contributed by atoms with E-state index in [0.717, 1.165) is 5.56 Å². The maximum atomic E-state index is 11.3. The quantitative estimate of drug-likeness (QED) is 0.774. The van der Waals surface area contributed by atoms with Crippen LogP contribution in [0.2, 0.25) is 0 Å². The molecule has 0 aliphatic rings. The Morgan fingerprint density at radius 3 is 2.79 bits per heavy atom. The Morgan fingerprint density at radius 1 is 1.57 bits per heavy atom. The van der Waals surface area contributed by atoms with Gasteiger partial charge in [-0.05, 0) is 32.8 Å². The molecule has 0 aliphatic carbocycles. The first-order valence-corrected chi connectivity index (χ1v) is 4.64. The Morgan fingerprint density at radius 2 is 2.21 bits per heavy atom. The minimum atomic E-state index is -0.747. The minimum Gasteiger partial charge on any atom is -0.390 e. The van der Waals surface area contributed by atoms with Crippen LogP contribution >= 0.6 is 0 Å². The summed E-state index contributed by atoms with van der Waals surface area (Å²) in [6, 6.07) is 0. The van der Waals surface area contributed by atoms with Gasteiger partial charge in [-0.2, -0.15) is 0 Å². The molecule has 1 rings (SSSR count). The van der Waals surface area contributed by atoms with Crippen molar-refractivity contribution < 1.29 is 5.11 Å². The summed E-state index contributed by atoms with van der Waals surface area (Å²) in [5.74, 6) is 0. The van der Waals surface area contributed by atoms with Crippen LogP contribution in [-0.4, -0.2) is 20.3 Å². The maximum Gasteiger partial charge on any atom is 0.347 e. The molecule has 4 nitrogen and oxygen atoms in total. The van der Waals surface area contributed by atoms with E-state index < -0.39 is 5.60 Å². The lowest BCUT2D eigenvalue weighted by molar-refractivity contribution is 0.0658. The standard InChI is InChI=1S/C10H16N2O2/c1-8-6-11-9(13)12(7-8)5-4-10(2,3)14/h6-7,14H,4-5H2,1-3H3. The van der Waals surface area contributed by atoms with Gasteiger partial charge >= 0.3 is 5.69 Å². The monoisotopic (exact) mass is 196 g/mol. The summed E-state index contributed by atoms with van der Waals surface area (Å²) in [6.45, 7) is 5.83. The van der Waals surface area contributed by atoms with E-state index >= 15 is 0 Å². The van der Waals surface area contributed by atoms with E-state index in [-0.39, 0.29) is 5.69 Å². The van der Waals surface area contributed by atoms with E-state index in [1.807, 2.05) is 6.92 Å². The molecule has 0 unspecified atom stereocenters. The SMILES string of the molecule is Cc1cnc(=O)n(CCC(C)(C)O)c1. The molecular formula is C10H16N2O2. The van der Waals surface area contributed by atoms with Crippen molar-refractivity contribution >= 4 is 0 Å². The first-order valence-electron chi connectivity index (χ1n) is 4.64. The van der Waals surface area contributed by atoms with Crippen molar-refractivity contribution in [2.24, 2.45) is 0 Å². The van der Waals surface area contributed by atoms with Crippen LogP contribution < -0.4 is 5.69 Å². The second kappa shape index (κ2) is 3.92. The second-order valence-corrected chi connectivity index (χ2v) is 4.17. The summed E-state index contributed by atoms with van der Waals surface area (Å²) in [6.07, 6.45) is 3.84. The Hall–Kier alpha value is -1.16. The third-order valence-corrected chi connectivity index (χ3v) is 1.95. The fourth-order valence-electron chi connectivity index (χ4n) is 1.12. The van der Waals surface area contributed by atoms with Gasteiger partial charge in [0.2, 0.25) is 0 Å². The van der Waals surface area contributed by atoms with E-state index in [4.69, 9.17) is 0 Å². The van der Waals surface area contributed by atoms with Crippen LogP contribution in [0, 0.1) is 6.92 Å². The van der Waals surface area contributed by atoms with Crippen molar-refractivity contribution in [1.29, 1.82) is 0 Å². The largest absolute Gasteiger partial charge is 0.390 e. The molecule has 1 aromatic rings. The number of hydrogen-bond acceptors (Lipinski definition) is 3. The highest BCUT2D eigenvalue weighted by Crippen LogP contribution is 2.07. The molecule has 0 aliphatic heterocycles. The van der Waals surface area contributed by atoms with Crippen molar-refractivity contribution in [1.82, 2.24) is 9.55 Å². The summed E-state index contributed by atoms with van der Waals surface area (Å²) < 4.78 is 1.52. The fraction of sp³-hybridized carbons (Fsp3) is 0.600. The first-order chi connectivity index (χ1) is 6.38. The molecule has 0 fully saturated rings. The number of aromatic nitrogens is 2. The van der Waals surface area contributed by atoms with E-state index in [1.165, 1.54) is 4.57 Å². The highest BCUT2D eigenvalue weighted by atomic mass is 16.3. The van der Waals surface area contributed by atoms with Crippen molar-refractivity contribution in [3.8, 4) is 0 Å². The molecule has 1 aromatic heterocycles. The van der Waals surface area contributed by atoms with Crippen LogP contribution in [0.4, 0.5) is 0 Å². The minimum absolute atomic E-state index is 0.264. The van der Waals surface area contributed by atoms with E-state index in [9.17, 15) is 9.90 Å². The van der Waals surface area contributed by atoms with Crippen molar-refractivity contribution in [2.45, 2.75) is 39.3 Å². The lowest BCUT2D eigenvalue weighted by Gasteiger charge is -2.17. The second-order valence-electron chi connectivity index (χ2n) is 4.17. The van der Waals surface area contributed by atoms with Gasteiger partial charge in [0.05, 0.1) is 5.60 Å². The van der Waals surface area contributed by atoms with Crippen molar-refractivity contribution in [2.75, 3.05) is 0 Å². The normalized spacial score (nSPS) is 11.7. The molecule has 0 bridgehead atoms. The number of hydrogen-bond donors (Lipinski definition) is 1. The molecule has 4 heteroatoms. The van der Waals surface area contributed by atoms with Crippen LogP contribution in [-0.2, 0) is 6.54 Å². The van der Waals surface area contributed by atoms with Crippen molar-refractivity contribution in [3.05, 3.63) is 28.4 Å². The predicted octanol–water partition coefficient (Wildman–Crippen LogP) is 0.713. The van der Waals surface area contributed by atoms with Gasteiger partial charge < -0.3 is 5.11 Å². The molecule has 14 heavy (non-hydrogen) atoms. The van der Waals surface area contributed by atoms with Gasteiger partial charge in [0.25, 0.3) is 0 Å². The summed E-state index contributed by atoms with van der Waals surface area (Å²) in [5, 5.41) is 9.50. The van der Waals surface area contributed by atoms with Gasteiger partial charge in [0.1, 0.15) is 0 Å². The lowest BCUT2D eigenvalue weighted by Crippen LogP contribution is -2.27. The van der Waals surface area contributed by atoms with Crippen LogP contribution in [0.1, 0.15) is 25.8 Å². The van der Waals surface area contributed by atoms with Gasteiger partial charge in [-0.3, -0.25) is 4.57 Å². The number of nitrogens with zero attached hydrogens (tertiary/aromatic N) is 2. The van der Waals surface area contributed by atoms with Gasteiger partial charge in [-0.15, -0.1) is 0 Å². The van der Waals surface area contributed by atoms with Crippen LogP contribution in [0.3, 0.4) is 0 Å². The topological polar surface area (TPSA) is 55.1 Å². The summed E-state index contributed by atoms with van der Waals surface area (Å²) in [7, 11) is 0. The molecule has 78 valence electrons. The molecule has 0 saturated heterocycles. The number of rotatable bonds is 3. The van der Waals surface area contributed by atoms with Crippen molar-refractivity contribution in [3.63, 3.8) is 0 Å². The zero-order chi connectivity index (χ0) is 10.8. The van der Waals surface area contributed by atoms with Gasteiger partial charge in [-0.1, -0.05) is 0 Å². The van der Waals surface area contributed by atoms with Crippen LogP contribution in [0.25, 0.3) is 0 Å². The highest BCUT2D eigenvalue weighted by Gasteiger charge is 2.12. The fourth-order valence-corrected chi connectivity index (χ4v) is 1.12. The Labute approximate surface area is 83.2 Å². The maximum absolute atomic E-state index is 11.3. The van der Waals surface area contributed by atoms with E-state index in [2.05, 4.69) is 4.98 Å². The number of aliphatic hydroxyl groups is 1. The molecular weight excluding hydrogens is 180 g/mol. The van der Waals surface area contributed by atoms with Gasteiger partial charge in [0, 0.05) is 18.9 Å². The highest BCUT2D eigenvalue weighted by molar-refractivity contribution is 4.99. The summed E-state index contributed by atoms with van der Waals surface area (Å²) in [4.78, 5) is 15.0. The predicted molar refractivity (Wildman–Crippen MR) is 54.1 cm³/mol. The molecule has 0 spiro atoms. The lowest BCUT2D eigenvalue weighted by atomic mass is 10.1. The van der Waals surface area contributed by atoms with E-state index in [1.54, 1.807) is 26.2 Å². The molecule has 1 N–H and O–H groups in total. The van der Waals surface area contributed by atoms with Crippen LogP contribution in [0.15, 0.2) is 17.2 Å². The third kappa shape index (κ3) is 3.30. The molecule has 1 heterocycles. The molecule has 0 radical (unpaired) electrons. The zero-order valence-corrected chi connectivity index (χ0v) is 8.82. The molecule has 0 atom stereocenters. The smallest absolute Gasteiger partial charge is 0.347 e. The summed E-state index contributed by atoms with van der Waals surface area (Å²) in [5.41, 5.74) is -0.0661. The zero-order valence-electron chi connectivity index (χ0n) is 8.82. The molecule has 0 saturated carbocycles. The third-order valence-electron chi connectivity index (χ3n) is 1.95. The first kappa shape index (κ1) is 10.9. The molecule has 0 aromatic carbocycles. The average molecular weight is 196 g/mol. The van der Waals surface area contributed by atoms with E-state index in [0.29, 0.717) is 13.0 Å². The molecule has 0 amide bonds. The van der Waals surface area contributed by atoms with Gasteiger partial charge in [-0.25, -0.2) is 9.78 Å². The summed E-state index contributed by atoms with van der Waals surface area (Å²) >= 11 is 0. The Bertz CT molecular complexity index is 363. The number of aryl methyl sites for hydroxylation is 2. The Balaban J connectivity index is 2.77. The Kier molecular flexibility index (Phi) is 3.06.